The molecular formula is C25H30N6O. The number of benzene rings is 1. The second-order valence-corrected chi connectivity index (χ2v) is 8.86. The molecule has 2 aliphatic rings. The number of hydrogen-bond acceptors (Lipinski definition) is 6. The first kappa shape index (κ1) is 20.7. The molecule has 0 aliphatic carbocycles. The topological polar surface area (TPSA) is 67.2 Å². The monoisotopic (exact) mass is 430 g/mol. The highest BCUT2D eigenvalue weighted by Gasteiger charge is 2.25. The smallest absolute Gasteiger partial charge is 0.255 e. The van der Waals surface area contributed by atoms with Crippen molar-refractivity contribution in [1.82, 2.24) is 19.5 Å². The number of aromatic nitrogens is 4. The summed E-state index contributed by atoms with van der Waals surface area (Å²) in [5, 5.41) is 0. The van der Waals surface area contributed by atoms with Crippen LogP contribution in [0.5, 0.6) is 0 Å². The van der Waals surface area contributed by atoms with Crippen LogP contribution in [0, 0.1) is 0 Å². The Labute approximate surface area is 188 Å². The van der Waals surface area contributed by atoms with E-state index in [0.29, 0.717) is 23.3 Å². The third-order valence-electron chi connectivity index (χ3n) is 6.75. The Kier molecular flexibility index (Phi) is 5.88. The van der Waals surface area contributed by atoms with Gasteiger partial charge >= 0.3 is 0 Å². The van der Waals surface area contributed by atoms with E-state index in [0.717, 1.165) is 25.9 Å². The highest BCUT2D eigenvalue weighted by atomic mass is 16.1. The maximum absolute atomic E-state index is 12.7. The number of nitrogens with zero attached hydrogens (tertiary/aromatic N) is 6. The summed E-state index contributed by atoms with van der Waals surface area (Å²) in [5.41, 5.74) is 3.89. The third kappa shape index (κ3) is 4.24. The van der Waals surface area contributed by atoms with Gasteiger partial charge in [0.15, 0.2) is 0 Å². The van der Waals surface area contributed by atoms with E-state index in [2.05, 4.69) is 44.0 Å². The summed E-state index contributed by atoms with van der Waals surface area (Å²) in [4.78, 5) is 30.5. The maximum Gasteiger partial charge on any atom is 0.255 e. The molecule has 1 unspecified atom stereocenters. The molecule has 0 radical (unpaired) electrons. The van der Waals surface area contributed by atoms with Crippen LogP contribution >= 0.6 is 0 Å². The van der Waals surface area contributed by atoms with Gasteiger partial charge in [-0.15, -0.1) is 0 Å². The summed E-state index contributed by atoms with van der Waals surface area (Å²) in [6, 6.07) is 12.5. The van der Waals surface area contributed by atoms with Gasteiger partial charge in [-0.2, -0.15) is 0 Å². The van der Waals surface area contributed by atoms with Crippen LogP contribution in [0.25, 0.3) is 11.4 Å². The quantitative estimate of drug-likeness (QED) is 0.630. The minimum atomic E-state index is -0.0726. The van der Waals surface area contributed by atoms with Gasteiger partial charge in [-0.1, -0.05) is 12.1 Å². The van der Waals surface area contributed by atoms with Gasteiger partial charge in [0.1, 0.15) is 6.33 Å². The lowest BCUT2D eigenvalue weighted by atomic mass is 9.90. The van der Waals surface area contributed by atoms with Crippen LogP contribution in [0.3, 0.4) is 0 Å². The zero-order valence-corrected chi connectivity index (χ0v) is 18.7. The van der Waals surface area contributed by atoms with E-state index >= 15 is 0 Å². The van der Waals surface area contributed by atoms with Crippen LogP contribution in [-0.2, 0) is 7.05 Å². The van der Waals surface area contributed by atoms with E-state index in [1.807, 2.05) is 0 Å². The Bertz CT molecular complexity index is 1110. The van der Waals surface area contributed by atoms with Crippen molar-refractivity contribution in [2.75, 3.05) is 36.0 Å². The van der Waals surface area contributed by atoms with Gasteiger partial charge in [0.25, 0.3) is 5.56 Å². The predicted molar refractivity (Wildman–Crippen MR) is 127 cm³/mol. The van der Waals surface area contributed by atoms with Gasteiger partial charge in [-0.25, -0.2) is 15.0 Å². The number of piperidine rings is 2. The molecule has 1 atom stereocenters. The second kappa shape index (κ2) is 9.10. The first-order valence-electron chi connectivity index (χ1n) is 11.6. The Morgan fingerprint density at radius 1 is 0.906 bits per heavy atom. The largest absolute Gasteiger partial charge is 0.372 e. The second-order valence-electron chi connectivity index (χ2n) is 8.86. The van der Waals surface area contributed by atoms with E-state index in [1.165, 1.54) is 49.9 Å². The van der Waals surface area contributed by atoms with E-state index < -0.39 is 0 Å². The minimum Gasteiger partial charge on any atom is -0.372 e. The molecule has 2 aromatic heterocycles. The summed E-state index contributed by atoms with van der Waals surface area (Å²) in [6.45, 7) is 4.09. The van der Waals surface area contributed by atoms with Crippen molar-refractivity contribution in [3.63, 3.8) is 0 Å². The average molecular weight is 431 g/mol. The van der Waals surface area contributed by atoms with Gasteiger partial charge in [0, 0.05) is 57.1 Å². The molecule has 2 aliphatic heterocycles. The van der Waals surface area contributed by atoms with Crippen molar-refractivity contribution in [1.29, 1.82) is 0 Å². The summed E-state index contributed by atoms with van der Waals surface area (Å²) in [6.07, 6.45) is 9.31. The average Bonchev–Trinajstić information content (AvgIpc) is 2.87. The molecule has 5 rings (SSSR count). The summed E-state index contributed by atoms with van der Waals surface area (Å²) < 4.78 is 1.65. The molecule has 2 saturated heterocycles. The molecule has 0 bridgehead atoms. The predicted octanol–water partition coefficient (Wildman–Crippen LogP) is 3.61. The maximum atomic E-state index is 12.7. The molecular weight excluding hydrogens is 400 g/mol. The fraction of sp³-hybridized carbons (Fsp3) is 0.440. The zero-order valence-electron chi connectivity index (χ0n) is 18.7. The van der Waals surface area contributed by atoms with Crippen molar-refractivity contribution in [2.24, 2.45) is 7.05 Å². The first-order valence-corrected chi connectivity index (χ1v) is 11.6. The summed E-state index contributed by atoms with van der Waals surface area (Å²) in [5.74, 6) is 1.14. The van der Waals surface area contributed by atoms with Crippen LogP contribution in [0.15, 0.2) is 53.7 Å². The number of anilines is 2. The van der Waals surface area contributed by atoms with Gasteiger partial charge in [0.2, 0.25) is 5.95 Å². The summed E-state index contributed by atoms with van der Waals surface area (Å²) in [7, 11) is 1.80. The van der Waals surface area contributed by atoms with Gasteiger partial charge in [-0.3, -0.25) is 9.36 Å². The third-order valence-corrected chi connectivity index (χ3v) is 6.75. The Morgan fingerprint density at radius 2 is 1.69 bits per heavy atom. The van der Waals surface area contributed by atoms with Crippen LogP contribution in [0.1, 0.15) is 43.6 Å². The molecule has 4 heterocycles. The molecule has 32 heavy (non-hydrogen) atoms. The van der Waals surface area contributed by atoms with Gasteiger partial charge in [0.05, 0.1) is 11.4 Å². The highest BCUT2D eigenvalue weighted by molar-refractivity contribution is 5.55. The standard InChI is InChI=1S/C25H30N6O/c1-29-24(32)16-23(22-11-12-26-18-27-22)28-25(29)31-15-5-6-20(17-31)19-7-9-21(10-8-19)30-13-3-2-4-14-30/h7-12,16,18,20H,2-6,13-15,17H2,1H3. The lowest BCUT2D eigenvalue weighted by molar-refractivity contribution is 0.497. The van der Waals surface area contributed by atoms with Crippen LogP contribution < -0.4 is 15.4 Å². The first-order chi connectivity index (χ1) is 15.7. The highest BCUT2D eigenvalue weighted by Crippen LogP contribution is 2.31. The lowest BCUT2D eigenvalue weighted by Crippen LogP contribution is -2.38. The SMILES string of the molecule is Cn1c(N2CCCC(c3ccc(N4CCCCC4)cc3)C2)nc(-c2ccncn2)cc1=O. The molecule has 0 amide bonds. The molecule has 2 fully saturated rings. The molecule has 1 aromatic carbocycles. The van der Waals surface area contributed by atoms with Gasteiger partial charge < -0.3 is 9.80 Å². The number of hydrogen-bond donors (Lipinski definition) is 0. The van der Waals surface area contributed by atoms with E-state index in [1.54, 1.807) is 29.9 Å². The van der Waals surface area contributed by atoms with E-state index in [-0.39, 0.29) is 5.56 Å². The Hall–Kier alpha value is -3.22. The fourth-order valence-electron chi connectivity index (χ4n) is 4.92. The molecule has 0 spiro atoms. The van der Waals surface area contributed by atoms with E-state index in [9.17, 15) is 4.79 Å². The van der Waals surface area contributed by atoms with Crippen LogP contribution in [0.4, 0.5) is 11.6 Å². The van der Waals surface area contributed by atoms with Crippen molar-refractivity contribution in [3.05, 3.63) is 64.8 Å². The Morgan fingerprint density at radius 3 is 2.44 bits per heavy atom. The molecule has 0 saturated carbocycles. The molecule has 3 aromatic rings. The zero-order chi connectivity index (χ0) is 21.9. The fourth-order valence-corrected chi connectivity index (χ4v) is 4.92. The molecule has 7 heteroatoms. The lowest BCUT2D eigenvalue weighted by Gasteiger charge is -2.35. The van der Waals surface area contributed by atoms with E-state index in [4.69, 9.17) is 4.98 Å². The van der Waals surface area contributed by atoms with Crippen molar-refractivity contribution in [3.8, 4) is 11.4 Å². The number of rotatable bonds is 4. The van der Waals surface area contributed by atoms with Crippen LogP contribution in [-0.4, -0.2) is 45.7 Å². The normalized spacial score (nSPS) is 19.2. The van der Waals surface area contributed by atoms with Crippen LogP contribution in [0.2, 0.25) is 0 Å². The summed E-state index contributed by atoms with van der Waals surface area (Å²) >= 11 is 0. The Balaban J connectivity index is 1.37. The minimum absolute atomic E-state index is 0.0726. The van der Waals surface area contributed by atoms with Crippen molar-refractivity contribution < 1.29 is 0 Å². The molecule has 0 N–H and O–H groups in total. The molecule has 7 nitrogen and oxygen atoms in total. The van der Waals surface area contributed by atoms with Crippen molar-refractivity contribution >= 4 is 11.6 Å². The van der Waals surface area contributed by atoms with Gasteiger partial charge in [-0.05, 0) is 55.9 Å². The van der Waals surface area contributed by atoms with Crippen molar-refractivity contribution in [2.45, 2.75) is 38.0 Å². The molecule has 166 valence electrons.